The molecule has 0 spiro atoms. The number of piperazine rings is 1. The van der Waals surface area contributed by atoms with Gasteiger partial charge in [0.05, 0.1) is 5.56 Å². The van der Waals surface area contributed by atoms with Gasteiger partial charge >= 0.3 is 6.18 Å². The van der Waals surface area contributed by atoms with E-state index in [4.69, 9.17) is 0 Å². The van der Waals surface area contributed by atoms with Crippen molar-refractivity contribution in [1.82, 2.24) is 34.6 Å². The number of halogens is 3. The second-order valence-electron chi connectivity index (χ2n) is 9.36. The van der Waals surface area contributed by atoms with Crippen LogP contribution < -0.4 is 16.1 Å². The first-order chi connectivity index (χ1) is 19.1. The van der Waals surface area contributed by atoms with Gasteiger partial charge in [0.2, 0.25) is 5.95 Å². The summed E-state index contributed by atoms with van der Waals surface area (Å²) in [7, 11) is 2.09. The van der Waals surface area contributed by atoms with Crippen LogP contribution in [0.4, 0.5) is 36.3 Å². The van der Waals surface area contributed by atoms with Crippen molar-refractivity contribution in [1.29, 1.82) is 0 Å². The summed E-state index contributed by atoms with van der Waals surface area (Å²) in [5.41, 5.74) is 4.12. The molecule has 40 heavy (non-hydrogen) atoms. The van der Waals surface area contributed by atoms with Crippen molar-refractivity contribution in [2.45, 2.75) is 13.1 Å². The number of nitrogens with one attached hydrogen (secondary N) is 3. The molecule has 5 rings (SSSR count). The molecule has 1 saturated heterocycles. The molecule has 11 nitrogen and oxygen atoms in total. The Morgan fingerprint density at radius 1 is 0.975 bits per heavy atom. The molecule has 3 heterocycles. The highest BCUT2D eigenvalue weighted by atomic mass is 19.4. The number of hydrogen-bond acceptors (Lipinski definition) is 9. The number of aryl methyl sites for hydroxylation is 1. The van der Waals surface area contributed by atoms with E-state index < -0.39 is 17.6 Å². The molecule has 0 bridgehead atoms. The van der Waals surface area contributed by atoms with Crippen LogP contribution in [0.5, 0.6) is 0 Å². The summed E-state index contributed by atoms with van der Waals surface area (Å²) < 4.78 is 40.6. The average molecular weight is 553 g/mol. The van der Waals surface area contributed by atoms with Crippen LogP contribution in [-0.4, -0.2) is 73.8 Å². The fourth-order valence-electron chi connectivity index (χ4n) is 4.04. The van der Waals surface area contributed by atoms with Crippen molar-refractivity contribution >= 4 is 29.0 Å². The van der Waals surface area contributed by atoms with Crippen molar-refractivity contribution in [2.24, 2.45) is 0 Å². The van der Waals surface area contributed by atoms with Gasteiger partial charge in [0.25, 0.3) is 5.91 Å². The third kappa shape index (κ3) is 6.52. The minimum absolute atomic E-state index is 0.0432. The Kier molecular flexibility index (Phi) is 7.62. The minimum atomic E-state index is -4.51. The molecule has 2 aromatic carbocycles. The number of aromatic nitrogens is 5. The van der Waals surface area contributed by atoms with Crippen LogP contribution in [-0.2, 0) is 6.18 Å². The van der Waals surface area contributed by atoms with E-state index in [9.17, 15) is 18.0 Å². The molecule has 208 valence electrons. The zero-order chi connectivity index (χ0) is 28.3. The lowest BCUT2D eigenvalue weighted by Gasteiger charge is -2.32. The van der Waals surface area contributed by atoms with E-state index >= 15 is 0 Å². The fourth-order valence-corrected chi connectivity index (χ4v) is 4.04. The Bertz CT molecular complexity index is 1500. The number of benzene rings is 2. The van der Waals surface area contributed by atoms with E-state index in [2.05, 4.69) is 53.1 Å². The van der Waals surface area contributed by atoms with Crippen molar-refractivity contribution in [2.75, 3.05) is 49.3 Å². The Hall–Kier alpha value is -4.56. The molecule has 1 fully saturated rings. The SMILES string of the molecule is Cc1ccc(C(=O)Nc2cccc(C(F)(F)F)c2)cc1Nc1ncn(-c2cc(NN3CCN(C)CC3)ncn2)n1. The molecule has 14 heteroatoms. The molecule has 0 radical (unpaired) electrons. The summed E-state index contributed by atoms with van der Waals surface area (Å²) >= 11 is 0. The molecular weight excluding hydrogens is 525 g/mol. The highest BCUT2D eigenvalue weighted by Gasteiger charge is 2.30. The van der Waals surface area contributed by atoms with Crippen LogP contribution in [0.2, 0.25) is 0 Å². The number of carbonyl (C=O) groups excluding carboxylic acids is 1. The molecule has 3 N–H and O–H groups in total. The molecule has 0 aliphatic carbocycles. The molecule has 0 unspecified atom stereocenters. The molecule has 0 atom stereocenters. The maximum absolute atomic E-state index is 13.0. The number of alkyl halides is 3. The van der Waals surface area contributed by atoms with Crippen LogP contribution in [0.25, 0.3) is 5.82 Å². The number of hydrazine groups is 1. The van der Waals surface area contributed by atoms with Gasteiger partial charge in [0, 0.05) is 49.2 Å². The van der Waals surface area contributed by atoms with Crippen LogP contribution in [0, 0.1) is 6.92 Å². The summed E-state index contributed by atoms with van der Waals surface area (Å²) in [6.07, 6.45) is -1.56. The van der Waals surface area contributed by atoms with Crippen molar-refractivity contribution < 1.29 is 18.0 Å². The Morgan fingerprint density at radius 2 is 1.77 bits per heavy atom. The summed E-state index contributed by atoms with van der Waals surface area (Å²) in [4.78, 5) is 27.9. The number of anilines is 4. The van der Waals surface area contributed by atoms with Gasteiger partial charge < -0.3 is 21.0 Å². The molecular formula is C26H27F3N10O. The van der Waals surface area contributed by atoms with Gasteiger partial charge in [-0.1, -0.05) is 12.1 Å². The molecule has 1 aliphatic rings. The lowest BCUT2D eigenvalue weighted by atomic mass is 10.1. The summed E-state index contributed by atoms with van der Waals surface area (Å²) in [5.74, 6) is 0.862. The van der Waals surface area contributed by atoms with Crippen molar-refractivity contribution in [3.63, 3.8) is 0 Å². The topological polar surface area (TPSA) is 116 Å². The maximum atomic E-state index is 13.0. The predicted octanol–water partition coefficient (Wildman–Crippen LogP) is 3.95. The number of hydrogen-bond donors (Lipinski definition) is 3. The lowest BCUT2D eigenvalue weighted by Crippen LogP contribution is -2.47. The molecule has 4 aromatic rings. The summed E-state index contributed by atoms with van der Waals surface area (Å²) in [5, 5.41) is 12.1. The number of nitrogens with zero attached hydrogens (tertiary/aromatic N) is 7. The molecule has 1 aliphatic heterocycles. The van der Waals surface area contributed by atoms with E-state index in [1.54, 1.807) is 24.3 Å². The van der Waals surface area contributed by atoms with E-state index in [1.165, 1.54) is 29.5 Å². The molecule has 1 amide bonds. The van der Waals surface area contributed by atoms with Crippen LogP contribution in [0.3, 0.4) is 0 Å². The van der Waals surface area contributed by atoms with Gasteiger partial charge in [-0.25, -0.2) is 19.7 Å². The zero-order valence-corrected chi connectivity index (χ0v) is 21.8. The monoisotopic (exact) mass is 552 g/mol. The maximum Gasteiger partial charge on any atom is 0.416 e. The normalized spacial score (nSPS) is 14.6. The van der Waals surface area contributed by atoms with Gasteiger partial charge in [-0.2, -0.15) is 18.2 Å². The first kappa shape index (κ1) is 27.0. The zero-order valence-electron chi connectivity index (χ0n) is 21.8. The number of rotatable bonds is 7. The largest absolute Gasteiger partial charge is 0.416 e. The van der Waals surface area contributed by atoms with Gasteiger partial charge in [-0.05, 0) is 49.9 Å². The Balaban J connectivity index is 1.27. The van der Waals surface area contributed by atoms with Gasteiger partial charge in [-0.3, -0.25) is 4.79 Å². The smallest absolute Gasteiger partial charge is 0.323 e. The van der Waals surface area contributed by atoms with E-state index in [1.807, 2.05) is 6.92 Å². The number of amides is 1. The second-order valence-corrected chi connectivity index (χ2v) is 9.36. The summed E-state index contributed by atoms with van der Waals surface area (Å²) in [6, 6.07) is 11.1. The highest BCUT2D eigenvalue weighted by molar-refractivity contribution is 6.05. The quantitative estimate of drug-likeness (QED) is 0.313. The van der Waals surface area contributed by atoms with Crippen LogP contribution in [0.15, 0.2) is 61.2 Å². The van der Waals surface area contributed by atoms with Crippen LogP contribution in [0.1, 0.15) is 21.5 Å². The van der Waals surface area contributed by atoms with Crippen LogP contribution >= 0.6 is 0 Å². The first-order valence-corrected chi connectivity index (χ1v) is 12.4. The number of carbonyl (C=O) groups is 1. The Morgan fingerprint density at radius 3 is 2.55 bits per heavy atom. The van der Waals surface area contributed by atoms with E-state index in [0.29, 0.717) is 17.3 Å². The van der Waals surface area contributed by atoms with E-state index in [-0.39, 0.29) is 17.2 Å². The minimum Gasteiger partial charge on any atom is -0.323 e. The highest BCUT2D eigenvalue weighted by Crippen LogP contribution is 2.31. The second kappa shape index (κ2) is 11.3. The van der Waals surface area contributed by atoms with Crippen molar-refractivity contribution in [3.05, 3.63) is 77.9 Å². The lowest BCUT2D eigenvalue weighted by molar-refractivity contribution is -0.137. The first-order valence-electron chi connectivity index (χ1n) is 12.4. The fraction of sp³-hybridized carbons (Fsp3) is 0.269. The van der Waals surface area contributed by atoms with Crippen molar-refractivity contribution in [3.8, 4) is 5.82 Å². The average Bonchev–Trinajstić information content (AvgIpc) is 3.40. The summed E-state index contributed by atoms with van der Waals surface area (Å²) in [6.45, 7) is 5.48. The van der Waals surface area contributed by atoms with Gasteiger partial charge in [-0.15, -0.1) is 5.10 Å². The number of likely N-dealkylation sites (N-methyl/N-ethyl adjacent to an activating group) is 1. The third-order valence-corrected chi connectivity index (χ3v) is 6.35. The van der Waals surface area contributed by atoms with E-state index in [0.717, 1.165) is 43.9 Å². The van der Waals surface area contributed by atoms with Gasteiger partial charge in [0.15, 0.2) is 5.82 Å². The Labute approximate surface area is 228 Å². The van der Waals surface area contributed by atoms with Gasteiger partial charge in [0.1, 0.15) is 18.5 Å². The predicted molar refractivity (Wildman–Crippen MR) is 144 cm³/mol. The third-order valence-electron chi connectivity index (χ3n) is 6.35. The standard InChI is InChI=1S/C26H27F3N10O/c1-17-6-7-18(24(40)33-20-5-3-4-19(13-20)26(27,28)29)12-21(17)34-25-32-16-39(36-25)23-14-22(30-15-31-23)35-38-10-8-37(2)9-11-38/h3-7,12-16H,8-11H2,1-2H3,(H,33,40)(H,34,36)(H,30,31,35). The molecule has 2 aromatic heterocycles. The molecule has 0 saturated carbocycles.